The molecule has 0 atom stereocenters. The maximum Gasteiger partial charge on any atom is 0.224 e. The van der Waals surface area contributed by atoms with Crippen LogP contribution in [0.1, 0.15) is 103 Å². The van der Waals surface area contributed by atoms with E-state index >= 15 is 0 Å². The molecule has 1 amide bonds. The number of ether oxygens (including phenoxy) is 1. The first-order chi connectivity index (χ1) is 18.2. The first-order valence-corrected chi connectivity index (χ1v) is 15.3. The quantitative estimate of drug-likeness (QED) is 0.387. The van der Waals surface area contributed by atoms with E-state index < -0.39 is 0 Å². The summed E-state index contributed by atoms with van der Waals surface area (Å²) in [5.41, 5.74) is 3.54. The number of aromatic nitrogens is 2. The van der Waals surface area contributed by atoms with Crippen molar-refractivity contribution in [3.05, 3.63) is 24.0 Å². The molecule has 0 N–H and O–H groups in total. The summed E-state index contributed by atoms with van der Waals surface area (Å²) in [5, 5.41) is 0. The number of carbonyl (C=O) groups is 1. The fourth-order valence-corrected chi connectivity index (χ4v) is 7.26. The lowest BCUT2D eigenvalue weighted by molar-refractivity contribution is -0.134. The van der Waals surface area contributed by atoms with Gasteiger partial charge >= 0.3 is 0 Å². The molecule has 2 saturated carbocycles. The van der Waals surface area contributed by atoms with E-state index in [0.717, 1.165) is 50.8 Å². The average Bonchev–Trinajstić information content (AvgIpc) is 3.32. The van der Waals surface area contributed by atoms with Crippen molar-refractivity contribution in [1.82, 2.24) is 14.5 Å². The summed E-state index contributed by atoms with van der Waals surface area (Å²) in [6, 6.07) is 7.06. The number of hydrogen-bond acceptors (Lipinski definition) is 4. The third-order valence-electron chi connectivity index (χ3n) is 9.27. The Labute approximate surface area is 223 Å². The van der Waals surface area contributed by atoms with Gasteiger partial charge in [-0.15, -0.1) is 0 Å². The zero-order valence-electron chi connectivity index (χ0n) is 23.3. The first-order valence-electron chi connectivity index (χ1n) is 15.3. The zero-order chi connectivity index (χ0) is 25.6. The molecule has 2 heterocycles. The van der Waals surface area contributed by atoms with E-state index in [0.29, 0.717) is 24.3 Å². The largest absolute Gasteiger partial charge is 0.378 e. The molecule has 1 aromatic carbocycles. The van der Waals surface area contributed by atoms with Crippen LogP contribution in [0.4, 0.5) is 5.69 Å². The molecule has 0 radical (unpaired) electrons. The van der Waals surface area contributed by atoms with Gasteiger partial charge in [0.15, 0.2) is 0 Å². The predicted octanol–water partition coefficient (Wildman–Crippen LogP) is 6.52. The second-order valence-electron chi connectivity index (χ2n) is 11.6. The molecule has 3 aliphatic rings. The van der Waals surface area contributed by atoms with Crippen LogP contribution in [0.2, 0.25) is 0 Å². The topological polar surface area (TPSA) is 50.6 Å². The van der Waals surface area contributed by atoms with Crippen LogP contribution in [-0.2, 0) is 16.1 Å². The minimum atomic E-state index is 0.318. The molecular formula is C31H48N4O2. The summed E-state index contributed by atoms with van der Waals surface area (Å²) < 4.78 is 8.05. The minimum absolute atomic E-state index is 0.318. The highest BCUT2D eigenvalue weighted by molar-refractivity contribution is 5.90. The third kappa shape index (κ3) is 6.00. The summed E-state index contributed by atoms with van der Waals surface area (Å²) in [4.78, 5) is 23.5. The number of imidazole rings is 1. The summed E-state index contributed by atoms with van der Waals surface area (Å²) in [5.74, 6) is 2.91. The molecule has 6 heteroatoms. The fourth-order valence-electron chi connectivity index (χ4n) is 7.26. The number of rotatable bonds is 9. The van der Waals surface area contributed by atoms with Crippen LogP contribution in [0.25, 0.3) is 11.0 Å². The molecule has 0 bridgehead atoms. The Morgan fingerprint density at radius 2 is 1.78 bits per heavy atom. The van der Waals surface area contributed by atoms with Crippen molar-refractivity contribution in [1.29, 1.82) is 0 Å². The third-order valence-corrected chi connectivity index (χ3v) is 9.27. The number of hydrogen-bond donors (Lipinski definition) is 0. The number of amides is 1. The monoisotopic (exact) mass is 508 g/mol. The van der Waals surface area contributed by atoms with Gasteiger partial charge in [0.25, 0.3) is 0 Å². The molecule has 1 saturated heterocycles. The van der Waals surface area contributed by atoms with Crippen LogP contribution >= 0.6 is 0 Å². The lowest BCUT2D eigenvalue weighted by atomic mass is 9.79. The molecule has 0 unspecified atom stereocenters. The smallest absolute Gasteiger partial charge is 0.224 e. The first kappa shape index (κ1) is 26.5. The van der Waals surface area contributed by atoms with Crippen LogP contribution in [0.3, 0.4) is 0 Å². The molecule has 2 aromatic rings. The van der Waals surface area contributed by atoms with Gasteiger partial charge in [0.1, 0.15) is 11.3 Å². The van der Waals surface area contributed by atoms with E-state index in [4.69, 9.17) is 9.72 Å². The molecule has 5 rings (SSSR count). The Kier molecular flexibility index (Phi) is 9.06. The lowest BCUT2D eigenvalue weighted by Crippen LogP contribution is -2.41. The second kappa shape index (κ2) is 12.6. The maximum absolute atomic E-state index is 13.5. The van der Waals surface area contributed by atoms with Crippen molar-refractivity contribution >= 4 is 22.6 Å². The van der Waals surface area contributed by atoms with Crippen LogP contribution in [0.15, 0.2) is 18.2 Å². The molecule has 3 fully saturated rings. The molecule has 0 spiro atoms. The number of para-hydroxylation sites is 1. The van der Waals surface area contributed by atoms with Crippen molar-refractivity contribution in [3.63, 3.8) is 0 Å². The summed E-state index contributed by atoms with van der Waals surface area (Å²) in [7, 11) is 0. The van der Waals surface area contributed by atoms with Crippen LogP contribution in [0.5, 0.6) is 0 Å². The van der Waals surface area contributed by atoms with Crippen molar-refractivity contribution in [2.45, 2.75) is 109 Å². The number of fused-ring (bicyclic) bond motifs is 1. The van der Waals surface area contributed by atoms with Gasteiger partial charge in [-0.3, -0.25) is 4.79 Å². The van der Waals surface area contributed by atoms with Crippen LogP contribution < -0.4 is 4.90 Å². The van der Waals surface area contributed by atoms with Gasteiger partial charge < -0.3 is 19.1 Å². The summed E-state index contributed by atoms with van der Waals surface area (Å²) in [6.07, 6.45) is 14.4. The van der Waals surface area contributed by atoms with Crippen molar-refractivity contribution < 1.29 is 9.53 Å². The van der Waals surface area contributed by atoms with E-state index in [9.17, 15) is 4.79 Å². The SMILES string of the molecule is CCC[C@H]1CC[C@H](c2nc3c(N4CCOCC4)cccc3n2CCC(=O)N(CC)C2CCCCC2)CC1. The standard InChI is InChI=1S/C31H48N4O2/c1-3-9-24-14-16-25(17-15-24)31-32-30-27(33-20-22-37-23-21-33)12-8-13-28(30)35(31)19-18-29(36)34(4-2)26-10-6-5-7-11-26/h8,12-13,24-26H,3-7,9-11,14-23H2,1-2H3/t24-,25-. The van der Waals surface area contributed by atoms with Crippen molar-refractivity contribution in [2.75, 3.05) is 37.7 Å². The molecule has 1 aliphatic heterocycles. The highest BCUT2D eigenvalue weighted by Crippen LogP contribution is 2.39. The van der Waals surface area contributed by atoms with Crippen molar-refractivity contribution in [3.8, 4) is 0 Å². The molecular weight excluding hydrogens is 460 g/mol. The van der Waals surface area contributed by atoms with E-state index in [1.54, 1.807) is 0 Å². The van der Waals surface area contributed by atoms with Gasteiger partial charge in [0.2, 0.25) is 5.91 Å². The van der Waals surface area contributed by atoms with Gasteiger partial charge in [-0.05, 0) is 63.5 Å². The summed E-state index contributed by atoms with van der Waals surface area (Å²) in [6.45, 7) is 9.38. The maximum atomic E-state index is 13.5. The van der Waals surface area contributed by atoms with Gasteiger partial charge in [-0.2, -0.15) is 0 Å². The van der Waals surface area contributed by atoms with E-state index in [-0.39, 0.29) is 0 Å². The van der Waals surface area contributed by atoms with Crippen LogP contribution in [0, 0.1) is 5.92 Å². The number of carbonyl (C=O) groups excluding carboxylic acids is 1. The Hall–Kier alpha value is -2.08. The fraction of sp³-hybridized carbons (Fsp3) is 0.742. The van der Waals surface area contributed by atoms with Crippen molar-refractivity contribution in [2.24, 2.45) is 5.92 Å². The number of anilines is 1. The Bertz CT molecular complexity index is 1010. The molecule has 1 aromatic heterocycles. The highest BCUT2D eigenvalue weighted by atomic mass is 16.5. The van der Waals surface area contributed by atoms with Gasteiger partial charge in [-0.1, -0.05) is 45.1 Å². The number of aryl methyl sites for hydroxylation is 1. The Balaban J connectivity index is 1.41. The minimum Gasteiger partial charge on any atom is -0.378 e. The predicted molar refractivity (Wildman–Crippen MR) is 151 cm³/mol. The second-order valence-corrected chi connectivity index (χ2v) is 11.6. The van der Waals surface area contributed by atoms with Crippen LogP contribution in [-0.4, -0.2) is 59.2 Å². The lowest BCUT2D eigenvalue weighted by Gasteiger charge is -2.34. The number of benzene rings is 1. The van der Waals surface area contributed by atoms with Gasteiger partial charge in [0, 0.05) is 44.6 Å². The van der Waals surface area contributed by atoms with E-state index in [2.05, 4.69) is 46.4 Å². The number of morpholine rings is 1. The molecule has 2 aliphatic carbocycles. The molecule has 6 nitrogen and oxygen atoms in total. The van der Waals surface area contributed by atoms with Gasteiger partial charge in [-0.25, -0.2) is 4.98 Å². The molecule has 204 valence electrons. The normalized spacial score (nSPS) is 23.5. The Morgan fingerprint density at radius 3 is 2.49 bits per heavy atom. The summed E-state index contributed by atoms with van der Waals surface area (Å²) >= 11 is 0. The zero-order valence-corrected chi connectivity index (χ0v) is 23.3. The molecule has 37 heavy (non-hydrogen) atoms. The van der Waals surface area contributed by atoms with E-state index in [1.165, 1.54) is 87.7 Å². The Morgan fingerprint density at radius 1 is 1.03 bits per heavy atom. The van der Waals surface area contributed by atoms with Gasteiger partial charge in [0.05, 0.1) is 24.4 Å². The average molecular weight is 509 g/mol. The highest BCUT2D eigenvalue weighted by Gasteiger charge is 2.29. The van der Waals surface area contributed by atoms with E-state index in [1.807, 2.05) is 0 Å². The number of nitrogens with zero attached hydrogens (tertiary/aromatic N) is 4.